The monoisotopic (exact) mass is 282 g/mol. The van der Waals surface area contributed by atoms with Crippen LogP contribution in [-0.4, -0.2) is 16.1 Å². The van der Waals surface area contributed by atoms with Crippen LogP contribution in [0.2, 0.25) is 0 Å². The fourth-order valence-corrected chi connectivity index (χ4v) is 1.84. The number of aromatic nitrogens is 1. The van der Waals surface area contributed by atoms with Gasteiger partial charge in [-0.15, -0.1) is 0 Å². The van der Waals surface area contributed by atoms with E-state index in [1.165, 1.54) is 12.3 Å². The van der Waals surface area contributed by atoms with Gasteiger partial charge >= 0.3 is 6.01 Å². The third-order valence-corrected chi connectivity index (χ3v) is 2.79. The number of hydrogen-bond donors (Lipinski definition) is 1. The van der Waals surface area contributed by atoms with Gasteiger partial charge in [-0.2, -0.15) is 10.1 Å². The Kier molecular flexibility index (Phi) is 3.30. The number of nitro benzene ring substituents is 1. The van der Waals surface area contributed by atoms with Gasteiger partial charge in [0.15, 0.2) is 5.58 Å². The number of fused-ring (bicyclic) bond motifs is 1. The maximum atomic E-state index is 10.9. The van der Waals surface area contributed by atoms with Crippen molar-refractivity contribution in [2.45, 2.75) is 0 Å². The van der Waals surface area contributed by atoms with Crippen LogP contribution in [0.3, 0.4) is 0 Å². The zero-order valence-electron chi connectivity index (χ0n) is 10.8. The van der Waals surface area contributed by atoms with E-state index in [9.17, 15) is 10.1 Å². The average Bonchev–Trinajstić information content (AvgIpc) is 2.90. The Morgan fingerprint density at radius 3 is 2.76 bits per heavy atom. The lowest BCUT2D eigenvalue weighted by atomic mass is 10.2. The molecule has 1 aromatic heterocycles. The van der Waals surface area contributed by atoms with Crippen LogP contribution in [-0.2, 0) is 0 Å². The van der Waals surface area contributed by atoms with E-state index in [1.54, 1.807) is 24.3 Å². The van der Waals surface area contributed by atoms with Crippen LogP contribution in [0.25, 0.3) is 11.1 Å². The molecule has 0 fully saturated rings. The summed E-state index contributed by atoms with van der Waals surface area (Å²) in [5, 5.41) is 14.8. The fraction of sp³-hybridized carbons (Fsp3) is 0. The highest BCUT2D eigenvalue weighted by atomic mass is 16.6. The molecule has 0 aliphatic rings. The summed E-state index contributed by atoms with van der Waals surface area (Å²) < 4.78 is 5.41. The number of nitrogens with one attached hydrogen (secondary N) is 1. The number of anilines is 1. The first-order valence-corrected chi connectivity index (χ1v) is 6.12. The van der Waals surface area contributed by atoms with Gasteiger partial charge in [-0.05, 0) is 18.2 Å². The number of nitrogens with zero attached hydrogens (tertiary/aromatic N) is 3. The van der Waals surface area contributed by atoms with E-state index < -0.39 is 4.92 Å². The van der Waals surface area contributed by atoms with Crippen molar-refractivity contribution in [3.8, 4) is 0 Å². The van der Waals surface area contributed by atoms with Gasteiger partial charge in [0, 0.05) is 6.07 Å². The molecule has 0 aliphatic carbocycles. The predicted octanol–water partition coefficient (Wildman–Crippen LogP) is 3.18. The van der Waals surface area contributed by atoms with Gasteiger partial charge in [0.05, 0.1) is 16.7 Å². The van der Waals surface area contributed by atoms with Crippen molar-refractivity contribution >= 4 is 29.0 Å². The van der Waals surface area contributed by atoms with E-state index in [0.29, 0.717) is 16.7 Å². The number of para-hydroxylation sites is 3. The number of benzene rings is 2. The Bertz CT molecular complexity index is 793. The molecule has 0 radical (unpaired) electrons. The summed E-state index contributed by atoms with van der Waals surface area (Å²) >= 11 is 0. The van der Waals surface area contributed by atoms with Crippen LogP contribution in [0, 0.1) is 10.1 Å². The Hall–Kier alpha value is -3.22. The van der Waals surface area contributed by atoms with Gasteiger partial charge in [-0.25, -0.2) is 5.43 Å². The zero-order chi connectivity index (χ0) is 14.7. The average molecular weight is 282 g/mol. The van der Waals surface area contributed by atoms with Gasteiger partial charge in [0.25, 0.3) is 5.69 Å². The summed E-state index contributed by atoms with van der Waals surface area (Å²) in [4.78, 5) is 14.6. The third kappa shape index (κ3) is 2.71. The Balaban J connectivity index is 1.79. The summed E-state index contributed by atoms with van der Waals surface area (Å²) in [5.41, 5.74) is 4.35. The largest absolute Gasteiger partial charge is 0.422 e. The standard InChI is InChI=1S/C14H10N4O3/c19-18(20)12-7-3-1-5-10(12)9-15-17-14-16-11-6-2-4-8-13(11)21-14/h1-9H,(H,16,17)/b15-9-. The number of nitro groups is 1. The molecular weight excluding hydrogens is 272 g/mol. The van der Waals surface area contributed by atoms with Gasteiger partial charge < -0.3 is 4.42 Å². The molecule has 21 heavy (non-hydrogen) atoms. The number of oxazole rings is 1. The summed E-state index contributed by atoms with van der Waals surface area (Å²) in [7, 11) is 0. The molecule has 1 heterocycles. The quantitative estimate of drug-likeness (QED) is 0.450. The first kappa shape index (κ1) is 12.8. The van der Waals surface area contributed by atoms with Gasteiger partial charge in [0.1, 0.15) is 5.52 Å². The first-order valence-electron chi connectivity index (χ1n) is 6.12. The van der Waals surface area contributed by atoms with Crippen LogP contribution < -0.4 is 5.43 Å². The Labute approximate surface area is 119 Å². The van der Waals surface area contributed by atoms with Crippen LogP contribution in [0.4, 0.5) is 11.7 Å². The van der Waals surface area contributed by atoms with Crippen LogP contribution in [0.1, 0.15) is 5.56 Å². The van der Waals surface area contributed by atoms with E-state index in [2.05, 4.69) is 15.5 Å². The molecule has 0 bridgehead atoms. The molecule has 0 saturated heterocycles. The predicted molar refractivity (Wildman–Crippen MR) is 78.3 cm³/mol. The molecule has 0 spiro atoms. The van der Waals surface area contributed by atoms with E-state index in [-0.39, 0.29) is 11.7 Å². The van der Waals surface area contributed by atoms with Crippen LogP contribution in [0.15, 0.2) is 58.0 Å². The zero-order valence-corrected chi connectivity index (χ0v) is 10.8. The number of rotatable bonds is 4. The summed E-state index contributed by atoms with van der Waals surface area (Å²) in [6.45, 7) is 0. The van der Waals surface area contributed by atoms with Crippen molar-refractivity contribution < 1.29 is 9.34 Å². The molecule has 0 unspecified atom stereocenters. The third-order valence-electron chi connectivity index (χ3n) is 2.79. The molecule has 7 heteroatoms. The maximum Gasteiger partial charge on any atom is 0.316 e. The highest BCUT2D eigenvalue weighted by Crippen LogP contribution is 2.18. The molecule has 0 atom stereocenters. The SMILES string of the molecule is O=[N+]([O-])c1ccccc1/C=N\Nc1nc2ccccc2o1. The van der Waals surface area contributed by atoms with Crippen molar-refractivity contribution in [2.24, 2.45) is 5.10 Å². The van der Waals surface area contributed by atoms with Crippen LogP contribution in [0.5, 0.6) is 0 Å². The number of hydrogen-bond acceptors (Lipinski definition) is 6. The topological polar surface area (TPSA) is 93.6 Å². The van der Waals surface area contributed by atoms with Gasteiger partial charge in [0.2, 0.25) is 0 Å². The van der Waals surface area contributed by atoms with Crippen molar-refractivity contribution in [3.05, 3.63) is 64.2 Å². The molecule has 104 valence electrons. The normalized spacial score (nSPS) is 11.0. The molecule has 0 amide bonds. The minimum Gasteiger partial charge on any atom is -0.422 e. The lowest BCUT2D eigenvalue weighted by Gasteiger charge is -1.96. The molecule has 7 nitrogen and oxygen atoms in total. The summed E-state index contributed by atoms with van der Waals surface area (Å²) in [6, 6.07) is 13.9. The fourth-order valence-electron chi connectivity index (χ4n) is 1.84. The Morgan fingerprint density at radius 1 is 1.19 bits per heavy atom. The second-order valence-electron chi connectivity index (χ2n) is 4.17. The van der Waals surface area contributed by atoms with Crippen molar-refractivity contribution in [1.82, 2.24) is 4.98 Å². The second kappa shape index (κ2) is 5.41. The van der Waals surface area contributed by atoms with E-state index in [0.717, 1.165) is 0 Å². The smallest absolute Gasteiger partial charge is 0.316 e. The van der Waals surface area contributed by atoms with E-state index in [1.807, 2.05) is 18.2 Å². The molecule has 0 saturated carbocycles. The van der Waals surface area contributed by atoms with Crippen molar-refractivity contribution in [2.75, 3.05) is 5.43 Å². The molecule has 3 rings (SSSR count). The molecule has 0 aliphatic heterocycles. The van der Waals surface area contributed by atoms with E-state index >= 15 is 0 Å². The minimum atomic E-state index is -0.458. The lowest BCUT2D eigenvalue weighted by molar-refractivity contribution is -0.385. The highest BCUT2D eigenvalue weighted by molar-refractivity contribution is 5.85. The summed E-state index contributed by atoms with van der Waals surface area (Å²) in [5.74, 6) is 0. The van der Waals surface area contributed by atoms with Gasteiger partial charge in [-0.1, -0.05) is 24.3 Å². The lowest BCUT2D eigenvalue weighted by Crippen LogP contribution is -1.96. The van der Waals surface area contributed by atoms with Crippen molar-refractivity contribution in [3.63, 3.8) is 0 Å². The van der Waals surface area contributed by atoms with E-state index in [4.69, 9.17) is 4.42 Å². The van der Waals surface area contributed by atoms with Crippen LogP contribution >= 0.6 is 0 Å². The molecule has 1 N–H and O–H groups in total. The second-order valence-corrected chi connectivity index (χ2v) is 4.17. The number of hydrazone groups is 1. The molecule has 3 aromatic rings. The minimum absolute atomic E-state index is 0.0133. The van der Waals surface area contributed by atoms with Gasteiger partial charge in [-0.3, -0.25) is 10.1 Å². The molecular formula is C14H10N4O3. The Morgan fingerprint density at radius 2 is 1.95 bits per heavy atom. The molecule has 2 aromatic carbocycles. The first-order chi connectivity index (χ1) is 10.2. The highest BCUT2D eigenvalue weighted by Gasteiger charge is 2.10. The maximum absolute atomic E-state index is 10.9. The van der Waals surface area contributed by atoms with Crippen molar-refractivity contribution in [1.29, 1.82) is 0 Å². The summed E-state index contributed by atoms with van der Waals surface area (Å²) in [6.07, 6.45) is 1.35.